The van der Waals surface area contributed by atoms with Gasteiger partial charge in [0.1, 0.15) is 0 Å². The molecule has 1 N–H and O–H groups in total. The van der Waals surface area contributed by atoms with Gasteiger partial charge in [0.15, 0.2) is 11.5 Å². The zero-order chi connectivity index (χ0) is 25.0. The molecule has 0 aliphatic carbocycles. The lowest BCUT2D eigenvalue weighted by Crippen LogP contribution is -2.44. The summed E-state index contributed by atoms with van der Waals surface area (Å²) >= 11 is 0. The zero-order valence-corrected chi connectivity index (χ0v) is 19.3. The smallest absolute Gasteiger partial charge is 0.416 e. The molecule has 11 heteroatoms. The van der Waals surface area contributed by atoms with E-state index < -0.39 is 11.7 Å². The van der Waals surface area contributed by atoms with E-state index in [0.717, 1.165) is 30.5 Å². The van der Waals surface area contributed by atoms with Crippen molar-refractivity contribution in [3.8, 4) is 23.0 Å². The number of amides is 2. The molecule has 1 saturated heterocycles. The standard InChI is InChI=1S/C24H25F3N4O4/c1-33-19-10-5-15(12-20(19)34-2)13-28-23(32)31-11-3-4-17(14-31)22-30-29-21(35-22)16-6-8-18(9-7-16)24(25,26)27/h5-10,12,17H,3-4,11,13-14H2,1-2H3,(H,28,32). The summed E-state index contributed by atoms with van der Waals surface area (Å²) in [4.78, 5) is 14.5. The second-order valence-corrected chi connectivity index (χ2v) is 8.15. The van der Waals surface area contributed by atoms with Crippen molar-refractivity contribution in [2.45, 2.75) is 31.5 Å². The molecule has 1 aromatic heterocycles. The van der Waals surface area contributed by atoms with Crippen molar-refractivity contribution in [3.63, 3.8) is 0 Å². The maximum Gasteiger partial charge on any atom is 0.416 e. The number of nitrogens with one attached hydrogen (secondary N) is 1. The van der Waals surface area contributed by atoms with Crippen molar-refractivity contribution in [3.05, 3.63) is 59.5 Å². The molecule has 2 amide bonds. The van der Waals surface area contributed by atoms with Crippen LogP contribution in [0.3, 0.4) is 0 Å². The molecular formula is C24H25F3N4O4. The predicted octanol–water partition coefficient (Wildman–Crippen LogP) is 4.86. The molecule has 0 saturated carbocycles. The minimum atomic E-state index is -4.41. The second-order valence-electron chi connectivity index (χ2n) is 8.15. The predicted molar refractivity (Wildman–Crippen MR) is 120 cm³/mol. The van der Waals surface area contributed by atoms with Crippen LogP contribution in [0.1, 0.15) is 35.8 Å². The summed E-state index contributed by atoms with van der Waals surface area (Å²) in [6, 6.07) is 9.77. The molecule has 0 bridgehead atoms. The summed E-state index contributed by atoms with van der Waals surface area (Å²) in [6.45, 7) is 1.31. The van der Waals surface area contributed by atoms with Crippen molar-refractivity contribution in [2.75, 3.05) is 27.3 Å². The monoisotopic (exact) mass is 490 g/mol. The van der Waals surface area contributed by atoms with Gasteiger partial charge in [0.25, 0.3) is 0 Å². The highest BCUT2D eigenvalue weighted by atomic mass is 19.4. The van der Waals surface area contributed by atoms with Gasteiger partial charge in [-0.25, -0.2) is 4.79 Å². The first-order valence-corrected chi connectivity index (χ1v) is 11.0. The van der Waals surface area contributed by atoms with Crippen LogP contribution >= 0.6 is 0 Å². The summed E-state index contributed by atoms with van der Waals surface area (Å²) in [6.07, 6.45) is -2.90. The summed E-state index contributed by atoms with van der Waals surface area (Å²) in [7, 11) is 3.11. The van der Waals surface area contributed by atoms with E-state index in [-0.39, 0.29) is 17.8 Å². The molecule has 1 atom stereocenters. The number of piperidine rings is 1. The van der Waals surface area contributed by atoms with E-state index >= 15 is 0 Å². The van der Waals surface area contributed by atoms with E-state index in [9.17, 15) is 18.0 Å². The van der Waals surface area contributed by atoms with Gasteiger partial charge in [-0.1, -0.05) is 6.07 Å². The average molecular weight is 490 g/mol. The Bertz CT molecular complexity index is 1160. The van der Waals surface area contributed by atoms with E-state index in [4.69, 9.17) is 13.9 Å². The summed E-state index contributed by atoms with van der Waals surface area (Å²) < 4.78 is 54.6. The number of alkyl halides is 3. The Kier molecular flexibility index (Phi) is 7.13. The lowest BCUT2D eigenvalue weighted by atomic mass is 9.98. The lowest BCUT2D eigenvalue weighted by molar-refractivity contribution is -0.137. The fourth-order valence-electron chi connectivity index (χ4n) is 3.96. The molecule has 35 heavy (non-hydrogen) atoms. The van der Waals surface area contributed by atoms with Crippen LogP contribution in [-0.2, 0) is 12.7 Å². The van der Waals surface area contributed by atoms with Gasteiger partial charge in [-0.05, 0) is 54.8 Å². The average Bonchev–Trinajstić information content (AvgIpc) is 3.37. The normalized spacial score (nSPS) is 16.1. The van der Waals surface area contributed by atoms with Crippen molar-refractivity contribution in [1.29, 1.82) is 0 Å². The minimum absolute atomic E-state index is 0.142. The summed E-state index contributed by atoms with van der Waals surface area (Å²) in [5.41, 5.74) is 0.516. The number of urea groups is 1. The molecule has 1 aliphatic heterocycles. The molecule has 186 valence electrons. The Morgan fingerprint density at radius 2 is 1.86 bits per heavy atom. The number of aromatic nitrogens is 2. The SMILES string of the molecule is COc1ccc(CNC(=O)N2CCCC(c3nnc(-c4ccc(C(F)(F)F)cc4)o3)C2)cc1OC. The summed E-state index contributed by atoms with van der Waals surface area (Å²) in [5, 5.41) is 11.0. The highest BCUT2D eigenvalue weighted by molar-refractivity contribution is 5.74. The van der Waals surface area contributed by atoms with Crippen LogP contribution in [0, 0.1) is 0 Å². The lowest BCUT2D eigenvalue weighted by Gasteiger charge is -2.31. The Morgan fingerprint density at radius 3 is 2.54 bits per heavy atom. The van der Waals surface area contributed by atoms with Gasteiger partial charge in [-0.3, -0.25) is 0 Å². The second kappa shape index (κ2) is 10.2. The molecule has 3 aromatic rings. The van der Waals surface area contributed by atoms with Gasteiger partial charge in [0, 0.05) is 25.2 Å². The molecule has 1 fully saturated rings. The van der Waals surface area contributed by atoms with Gasteiger partial charge in [0.2, 0.25) is 11.8 Å². The van der Waals surface area contributed by atoms with Crippen molar-refractivity contribution < 1.29 is 31.9 Å². The molecule has 4 rings (SSSR count). The maximum atomic E-state index is 12.8. The summed E-state index contributed by atoms with van der Waals surface area (Å²) in [5.74, 6) is 1.53. The molecule has 1 aliphatic rings. The highest BCUT2D eigenvalue weighted by Gasteiger charge is 2.31. The fraction of sp³-hybridized carbons (Fsp3) is 0.375. The van der Waals surface area contributed by atoms with Gasteiger partial charge in [-0.15, -0.1) is 10.2 Å². The first-order chi connectivity index (χ1) is 16.8. The van der Waals surface area contributed by atoms with Gasteiger partial charge in [-0.2, -0.15) is 13.2 Å². The number of benzene rings is 2. The molecule has 2 aromatic carbocycles. The number of ether oxygens (including phenoxy) is 2. The molecule has 0 spiro atoms. The van der Waals surface area contributed by atoms with E-state index in [1.165, 1.54) is 12.1 Å². The Hall–Kier alpha value is -3.76. The first-order valence-electron chi connectivity index (χ1n) is 11.0. The number of rotatable bonds is 6. The van der Waals surface area contributed by atoms with Crippen LogP contribution in [0.4, 0.5) is 18.0 Å². The minimum Gasteiger partial charge on any atom is -0.493 e. The van der Waals surface area contributed by atoms with Crippen LogP contribution in [0.25, 0.3) is 11.5 Å². The van der Waals surface area contributed by atoms with Gasteiger partial charge in [0.05, 0.1) is 25.7 Å². The fourth-order valence-corrected chi connectivity index (χ4v) is 3.96. The Balaban J connectivity index is 1.37. The van der Waals surface area contributed by atoms with E-state index in [0.29, 0.717) is 42.6 Å². The highest BCUT2D eigenvalue weighted by Crippen LogP contribution is 2.32. The van der Waals surface area contributed by atoms with Crippen LogP contribution in [0.15, 0.2) is 46.9 Å². The number of carbonyl (C=O) groups is 1. The molecule has 1 unspecified atom stereocenters. The number of methoxy groups -OCH3 is 2. The maximum absolute atomic E-state index is 12.8. The van der Waals surface area contributed by atoms with Crippen molar-refractivity contribution in [1.82, 2.24) is 20.4 Å². The molecular weight excluding hydrogens is 465 g/mol. The number of hydrogen-bond donors (Lipinski definition) is 1. The van der Waals surface area contributed by atoms with Crippen molar-refractivity contribution >= 4 is 6.03 Å². The third-order valence-electron chi connectivity index (χ3n) is 5.85. The van der Waals surface area contributed by atoms with E-state index in [2.05, 4.69) is 15.5 Å². The number of nitrogens with zero attached hydrogens (tertiary/aromatic N) is 3. The third-order valence-corrected chi connectivity index (χ3v) is 5.85. The largest absolute Gasteiger partial charge is 0.493 e. The van der Waals surface area contributed by atoms with Crippen LogP contribution in [0.2, 0.25) is 0 Å². The quantitative estimate of drug-likeness (QED) is 0.531. The number of carbonyl (C=O) groups excluding carboxylic acids is 1. The van der Waals surface area contributed by atoms with E-state index in [1.54, 1.807) is 31.3 Å². The Morgan fingerprint density at radius 1 is 1.11 bits per heavy atom. The first kappa shape index (κ1) is 24.4. The van der Waals surface area contributed by atoms with Crippen LogP contribution in [0.5, 0.6) is 11.5 Å². The Labute approximate surface area is 200 Å². The number of likely N-dealkylation sites (tertiary alicyclic amines) is 1. The van der Waals surface area contributed by atoms with Crippen molar-refractivity contribution in [2.24, 2.45) is 0 Å². The molecule has 8 nitrogen and oxygen atoms in total. The third kappa shape index (κ3) is 5.67. The molecule has 2 heterocycles. The zero-order valence-electron chi connectivity index (χ0n) is 19.3. The number of hydrogen-bond acceptors (Lipinski definition) is 6. The molecule has 0 radical (unpaired) electrons. The van der Waals surface area contributed by atoms with E-state index in [1.807, 2.05) is 6.07 Å². The van der Waals surface area contributed by atoms with Crippen LogP contribution < -0.4 is 14.8 Å². The number of halogens is 3. The van der Waals surface area contributed by atoms with Crippen LogP contribution in [-0.4, -0.2) is 48.4 Å². The van der Waals surface area contributed by atoms with Gasteiger partial charge >= 0.3 is 12.2 Å². The topological polar surface area (TPSA) is 89.7 Å². The van der Waals surface area contributed by atoms with Gasteiger partial charge < -0.3 is 24.1 Å².